The average molecular weight is 299 g/mol. The van der Waals surface area contributed by atoms with Crippen molar-refractivity contribution < 1.29 is 14.6 Å². The van der Waals surface area contributed by atoms with Crippen LogP contribution < -0.4 is 9.47 Å². The number of nitrogens with zero attached hydrogens (tertiary/aromatic N) is 3. The Hall–Kier alpha value is -2.60. The topological polar surface area (TPSA) is 69.4 Å². The molecule has 0 bridgehead atoms. The summed E-state index contributed by atoms with van der Waals surface area (Å²) in [6, 6.07) is 14.9. The van der Waals surface area contributed by atoms with Gasteiger partial charge in [0, 0.05) is 6.07 Å². The number of hydrogen-bond acceptors (Lipinski definition) is 5. The van der Waals surface area contributed by atoms with E-state index in [1.807, 2.05) is 42.5 Å². The van der Waals surface area contributed by atoms with Gasteiger partial charge in [-0.25, -0.2) is 4.68 Å². The molecule has 0 saturated carbocycles. The van der Waals surface area contributed by atoms with Gasteiger partial charge in [-0.05, 0) is 24.3 Å². The summed E-state index contributed by atoms with van der Waals surface area (Å²) in [6.45, 7) is 0.492. The molecule has 0 saturated heterocycles. The second kappa shape index (κ2) is 6.44. The van der Waals surface area contributed by atoms with Gasteiger partial charge >= 0.3 is 0 Å². The molecule has 6 nitrogen and oxygen atoms in total. The van der Waals surface area contributed by atoms with E-state index in [9.17, 15) is 5.11 Å². The van der Waals surface area contributed by atoms with E-state index >= 15 is 0 Å². The van der Waals surface area contributed by atoms with E-state index in [1.165, 1.54) is 0 Å². The van der Waals surface area contributed by atoms with E-state index in [4.69, 9.17) is 9.47 Å². The molecule has 1 N–H and O–H groups in total. The normalized spacial score (nSPS) is 12.3. The van der Waals surface area contributed by atoms with Gasteiger partial charge in [0.25, 0.3) is 0 Å². The number of hydrogen-bond donors (Lipinski definition) is 1. The zero-order valence-electron chi connectivity index (χ0n) is 12.2. The van der Waals surface area contributed by atoms with Gasteiger partial charge in [0.15, 0.2) is 0 Å². The summed E-state index contributed by atoms with van der Waals surface area (Å²) in [4.78, 5) is 0. The quantitative estimate of drug-likeness (QED) is 0.752. The van der Waals surface area contributed by atoms with Crippen molar-refractivity contribution in [2.45, 2.75) is 12.6 Å². The van der Waals surface area contributed by atoms with E-state index in [1.54, 1.807) is 17.9 Å². The van der Waals surface area contributed by atoms with Gasteiger partial charge in [-0.3, -0.25) is 0 Å². The van der Waals surface area contributed by atoms with E-state index in [-0.39, 0.29) is 6.61 Å². The van der Waals surface area contributed by atoms with Crippen LogP contribution in [0.5, 0.6) is 11.5 Å². The first-order valence-corrected chi connectivity index (χ1v) is 6.99. The molecule has 1 heterocycles. The molecule has 0 aliphatic carbocycles. The van der Waals surface area contributed by atoms with Crippen LogP contribution in [0.2, 0.25) is 0 Å². The molecule has 0 aliphatic heterocycles. The lowest BCUT2D eigenvalue weighted by molar-refractivity contribution is 0.0898. The van der Waals surface area contributed by atoms with E-state index in [2.05, 4.69) is 10.3 Å². The molecule has 114 valence electrons. The first kappa shape index (κ1) is 14.3. The highest BCUT2D eigenvalue weighted by molar-refractivity contribution is 5.73. The average Bonchev–Trinajstić information content (AvgIpc) is 2.96. The van der Waals surface area contributed by atoms with Crippen molar-refractivity contribution in [3.05, 3.63) is 48.5 Å². The Kier molecular flexibility index (Phi) is 4.20. The van der Waals surface area contributed by atoms with Crippen LogP contribution in [0, 0.1) is 0 Å². The van der Waals surface area contributed by atoms with Crippen molar-refractivity contribution in [1.29, 1.82) is 0 Å². The number of aliphatic hydroxyl groups excluding tert-OH is 1. The lowest BCUT2D eigenvalue weighted by Gasteiger charge is -2.13. The van der Waals surface area contributed by atoms with Crippen LogP contribution in [0.1, 0.15) is 0 Å². The molecular formula is C16H17N3O3. The smallest absolute Gasteiger partial charge is 0.123 e. The Labute approximate surface area is 127 Å². The van der Waals surface area contributed by atoms with Crippen LogP contribution in [-0.2, 0) is 6.54 Å². The molecule has 0 amide bonds. The van der Waals surface area contributed by atoms with E-state index in [0.29, 0.717) is 18.0 Å². The summed E-state index contributed by atoms with van der Waals surface area (Å²) in [5.41, 5.74) is 1.70. The third-order valence-electron chi connectivity index (χ3n) is 3.29. The standard InChI is InChI=1S/C16H17N3O3/c1-21-13-5-4-6-14(9-13)22-11-12(20)10-19-16-8-3-2-7-15(16)17-18-19/h2-9,12,20H,10-11H2,1H3. The summed E-state index contributed by atoms with van der Waals surface area (Å²) < 4.78 is 12.4. The Morgan fingerprint density at radius 3 is 2.82 bits per heavy atom. The van der Waals surface area contributed by atoms with Gasteiger partial charge in [0.2, 0.25) is 0 Å². The number of para-hydroxylation sites is 1. The largest absolute Gasteiger partial charge is 0.497 e. The van der Waals surface area contributed by atoms with Crippen LogP contribution in [0.15, 0.2) is 48.5 Å². The van der Waals surface area contributed by atoms with Crippen LogP contribution in [0.25, 0.3) is 11.0 Å². The monoisotopic (exact) mass is 299 g/mol. The van der Waals surface area contributed by atoms with Crippen molar-refractivity contribution in [2.75, 3.05) is 13.7 Å². The van der Waals surface area contributed by atoms with Crippen LogP contribution in [-0.4, -0.2) is 39.9 Å². The zero-order valence-corrected chi connectivity index (χ0v) is 12.2. The fourth-order valence-electron chi connectivity index (χ4n) is 2.19. The second-order valence-electron chi connectivity index (χ2n) is 4.90. The Morgan fingerprint density at radius 1 is 1.14 bits per heavy atom. The molecule has 1 aromatic heterocycles. The molecule has 2 aromatic carbocycles. The summed E-state index contributed by atoms with van der Waals surface area (Å²) in [6.07, 6.45) is -0.684. The zero-order chi connectivity index (χ0) is 15.4. The summed E-state index contributed by atoms with van der Waals surface area (Å²) in [5.74, 6) is 1.37. The van der Waals surface area contributed by atoms with E-state index in [0.717, 1.165) is 11.0 Å². The predicted octanol–water partition coefficient (Wildman–Crippen LogP) is 1.88. The van der Waals surface area contributed by atoms with Gasteiger partial charge in [-0.15, -0.1) is 5.10 Å². The lowest BCUT2D eigenvalue weighted by Crippen LogP contribution is -2.24. The molecule has 3 aromatic rings. The predicted molar refractivity (Wildman–Crippen MR) is 82.0 cm³/mol. The van der Waals surface area contributed by atoms with Gasteiger partial charge in [0.05, 0.1) is 19.2 Å². The first-order valence-electron chi connectivity index (χ1n) is 6.99. The molecule has 1 unspecified atom stereocenters. The van der Waals surface area contributed by atoms with Crippen LogP contribution >= 0.6 is 0 Å². The molecule has 22 heavy (non-hydrogen) atoms. The second-order valence-corrected chi connectivity index (χ2v) is 4.90. The van der Waals surface area contributed by atoms with E-state index < -0.39 is 6.10 Å². The molecule has 0 aliphatic rings. The third kappa shape index (κ3) is 3.17. The van der Waals surface area contributed by atoms with Crippen molar-refractivity contribution >= 4 is 11.0 Å². The summed E-state index contributed by atoms with van der Waals surface area (Å²) in [5, 5.41) is 18.2. The number of rotatable bonds is 6. The Balaban J connectivity index is 1.61. The highest BCUT2D eigenvalue weighted by atomic mass is 16.5. The minimum atomic E-state index is -0.684. The molecule has 3 rings (SSSR count). The van der Waals surface area contributed by atoms with Gasteiger partial charge < -0.3 is 14.6 Å². The third-order valence-corrected chi connectivity index (χ3v) is 3.29. The maximum absolute atomic E-state index is 10.1. The fourth-order valence-corrected chi connectivity index (χ4v) is 2.19. The minimum Gasteiger partial charge on any atom is -0.497 e. The number of methoxy groups -OCH3 is 1. The van der Waals surface area contributed by atoms with Crippen molar-refractivity contribution in [3.63, 3.8) is 0 Å². The highest BCUT2D eigenvalue weighted by Gasteiger charge is 2.10. The molecule has 0 radical (unpaired) electrons. The Bertz CT molecular complexity index is 757. The fraction of sp³-hybridized carbons (Fsp3) is 0.250. The van der Waals surface area contributed by atoms with Crippen LogP contribution in [0.4, 0.5) is 0 Å². The molecule has 1 atom stereocenters. The number of aliphatic hydroxyl groups is 1. The number of benzene rings is 2. The highest BCUT2D eigenvalue weighted by Crippen LogP contribution is 2.19. The molecule has 0 spiro atoms. The number of ether oxygens (including phenoxy) is 2. The lowest BCUT2D eigenvalue weighted by atomic mass is 10.3. The Morgan fingerprint density at radius 2 is 1.95 bits per heavy atom. The SMILES string of the molecule is COc1cccc(OCC(O)Cn2nnc3ccccc32)c1. The number of aromatic nitrogens is 3. The van der Waals surface area contributed by atoms with Gasteiger partial charge in [-0.2, -0.15) is 0 Å². The van der Waals surface area contributed by atoms with Crippen molar-refractivity contribution in [3.8, 4) is 11.5 Å². The maximum Gasteiger partial charge on any atom is 0.123 e. The summed E-state index contributed by atoms with van der Waals surface area (Å²) >= 11 is 0. The van der Waals surface area contributed by atoms with Gasteiger partial charge in [-0.1, -0.05) is 23.4 Å². The first-order chi connectivity index (χ1) is 10.8. The van der Waals surface area contributed by atoms with Crippen molar-refractivity contribution in [2.24, 2.45) is 0 Å². The molecular weight excluding hydrogens is 282 g/mol. The molecule has 0 fully saturated rings. The molecule has 6 heteroatoms. The maximum atomic E-state index is 10.1. The van der Waals surface area contributed by atoms with Crippen molar-refractivity contribution in [1.82, 2.24) is 15.0 Å². The minimum absolute atomic E-state index is 0.168. The van der Waals surface area contributed by atoms with Crippen LogP contribution in [0.3, 0.4) is 0 Å². The summed E-state index contributed by atoms with van der Waals surface area (Å²) in [7, 11) is 1.60. The number of fused-ring (bicyclic) bond motifs is 1. The van der Waals surface area contributed by atoms with Gasteiger partial charge in [0.1, 0.15) is 29.7 Å².